The standard InChI is InChI=1S/C18H20FNO2/c1-14-6-2-3-7-17(14)18(21)20-12-4-5-13-22-16-10-8-15(19)9-11-16/h2-3,6-11H,4-5,12-13H2,1H3,(H,20,21). The molecule has 0 saturated heterocycles. The second kappa shape index (κ2) is 8.17. The zero-order chi connectivity index (χ0) is 15.8. The number of nitrogens with one attached hydrogen (secondary N) is 1. The molecule has 0 atom stereocenters. The summed E-state index contributed by atoms with van der Waals surface area (Å²) < 4.78 is 18.2. The summed E-state index contributed by atoms with van der Waals surface area (Å²) in [5.41, 5.74) is 1.68. The monoisotopic (exact) mass is 301 g/mol. The van der Waals surface area contributed by atoms with E-state index in [1.54, 1.807) is 12.1 Å². The first-order valence-corrected chi connectivity index (χ1v) is 7.39. The van der Waals surface area contributed by atoms with Gasteiger partial charge in [-0.3, -0.25) is 4.79 Å². The smallest absolute Gasteiger partial charge is 0.251 e. The third kappa shape index (κ3) is 4.88. The van der Waals surface area contributed by atoms with Crippen molar-refractivity contribution in [1.29, 1.82) is 0 Å². The summed E-state index contributed by atoms with van der Waals surface area (Å²) >= 11 is 0. The molecule has 0 fully saturated rings. The Kier molecular flexibility index (Phi) is 5.95. The molecule has 0 aliphatic heterocycles. The van der Waals surface area contributed by atoms with Crippen molar-refractivity contribution in [2.24, 2.45) is 0 Å². The Bertz CT molecular complexity index is 611. The van der Waals surface area contributed by atoms with Crippen LogP contribution >= 0.6 is 0 Å². The minimum atomic E-state index is -0.272. The van der Waals surface area contributed by atoms with Gasteiger partial charge in [0.05, 0.1) is 6.61 Å². The average Bonchev–Trinajstić information content (AvgIpc) is 2.52. The molecule has 1 amide bonds. The van der Waals surface area contributed by atoms with E-state index in [-0.39, 0.29) is 11.7 Å². The van der Waals surface area contributed by atoms with Gasteiger partial charge in [0.2, 0.25) is 0 Å². The SMILES string of the molecule is Cc1ccccc1C(=O)NCCCCOc1ccc(F)cc1. The Morgan fingerprint density at radius 3 is 2.55 bits per heavy atom. The van der Waals surface area contributed by atoms with Crippen LogP contribution in [0.1, 0.15) is 28.8 Å². The molecule has 2 aromatic rings. The van der Waals surface area contributed by atoms with Crippen molar-refractivity contribution < 1.29 is 13.9 Å². The van der Waals surface area contributed by atoms with Crippen LogP contribution in [0.5, 0.6) is 5.75 Å². The fourth-order valence-corrected chi connectivity index (χ4v) is 2.07. The summed E-state index contributed by atoms with van der Waals surface area (Å²) in [5.74, 6) is 0.342. The highest BCUT2D eigenvalue weighted by molar-refractivity contribution is 5.95. The van der Waals surface area contributed by atoms with Gasteiger partial charge in [0.15, 0.2) is 0 Å². The van der Waals surface area contributed by atoms with Crippen LogP contribution in [0, 0.1) is 12.7 Å². The fraction of sp³-hybridized carbons (Fsp3) is 0.278. The number of aryl methyl sites for hydroxylation is 1. The molecule has 0 spiro atoms. The number of benzene rings is 2. The number of hydrogen-bond donors (Lipinski definition) is 1. The third-order valence-corrected chi connectivity index (χ3v) is 3.33. The highest BCUT2D eigenvalue weighted by Gasteiger charge is 2.06. The van der Waals surface area contributed by atoms with Crippen LogP contribution in [-0.2, 0) is 0 Å². The number of carbonyl (C=O) groups excluding carboxylic acids is 1. The van der Waals surface area contributed by atoms with Gasteiger partial charge in [-0.05, 0) is 55.7 Å². The quantitative estimate of drug-likeness (QED) is 0.791. The molecule has 0 bridgehead atoms. The number of hydrogen-bond acceptors (Lipinski definition) is 2. The number of unbranched alkanes of at least 4 members (excludes halogenated alkanes) is 1. The minimum Gasteiger partial charge on any atom is -0.494 e. The Labute approximate surface area is 130 Å². The maximum atomic E-state index is 12.7. The predicted molar refractivity (Wildman–Crippen MR) is 84.6 cm³/mol. The van der Waals surface area contributed by atoms with Crippen molar-refractivity contribution in [3.8, 4) is 5.75 Å². The van der Waals surface area contributed by atoms with Crippen molar-refractivity contribution >= 4 is 5.91 Å². The lowest BCUT2D eigenvalue weighted by Crippen LogP contribution is -2.25. The zero-order valence-corrected chi connectivity index (χ0v) is 12.6. The molecule has 116 valence electrons. The van der Waals surface area contributed by atoms with E-state index in [4.69, 9.17) is 4.74 Å². The summed E-state index contributed by atoms with van der Waals surface area (Å²) in [6.45, 7) is 3.08. The molecule has 4 heteroatoms. The highest BCUT2D eigenvalue weighted by Crippen LogP contribution is 2.11. The van der Waals surface area contributed by atoms with Crippen LogP contribution in [0.25, 0.3) is 0 Å². The lowest BCUT2D eigenvalue weighted by Gasteiger charge is -2.08. The minimum absolute atomic E-state index is 0.0439. The van der Waals surface area contributed by atoms with E-state index in [1.807, 2.05) is 31.2 Å². The zero-order valence-electron chi connectivity index (χ0n) is 12.6. The summed E-state index contributed by atoms with van der Waals surface area (Å²) in [7, 11) is 0. The van der Waals surface area contributed by atoms with Crippen molar-refractivity contribution in [2.75, 3.05) is 13.2 Å². The van der Waals surface area contributed by atoms with Gasteiger partial charge < -0.3 is 10.1 Å². The largest absolute Gasteiger partial charge is 0.494 e. The van der Waals surface area contributed by atoms with Gasteiger partial charge in [0.25, 0.3) is 5.91 Å². The molecule has 0 unspecified atom stereocenters. The van der Waals surface area contributed by atoms with E-state index in [1.165, 1.54) is 12.1 Å². The molecule has 0 heterocycles. The van der Waals surface area contributed by atoms with Gasteiger partial charge in [-0.2, -0.15) is 0 Å². The Balaban J connectivity index is 1.62. The van der Waals surface area contributed by atoms with Crippen LogP contribution in [0.4, 0.5) is 4.39 Å². The third-order valence-electron chi connectivity index (χ3n) is 3.33. The van der Waals surface area contributed by atoms with E-state index in [0.717, 1.165) is 18.4 Å². The van der Waals surface area contributed by atoms with E-state index in [2.05, 4.69) is 5.32 Å². The number of amides is 1. The van der Waals surface area contributed by atoms with E-state index < -0.39 is 0 Å². The molecular weight excluding hydrogens is 281 g/mol. The highest BCUT2D eigenvalue weighted by atomic mass is 19.1. The normalized spacial score (nSPS) is 10.3. The Morgan fingerprint density at radius 2 is 1.82 bits per heavy atom. The van der Waals surface area contributed by atoms with Crippen LogP contribution in [0.15, 0.2) is 48.5 Å². The first-order valence-electron chi connectivity index (χ1n) is 7.39. The number of halogens is 1. The van der Waals surface area contributed by atoms with Crippen LogP contribution in [-0.4, -0.2) is 19.1 Å². The molecule has 3 nitrogen and oxygen atoms in total. The number of rotatable bonds is 7. The van der Waals surface area contributed by atoms with Crippen LogP contribution < -0.4 is 10.1 Å². The van der Waals surface area contributed by atoms with Crippen molar-refractivity contribution in [2.45, 2.75) is 19.8 Å². The summed E-state index contributed by atoms with van der Waals surface area (Å²) in [6, 6.07) is 13.5. The van der Waals surface area contributed by atoms with Gasteiger partial charge >= 0.3 is 0 Å². The molecule has 0 saturated carbocycles. The Morgan fingerprint density at radius 1 is 1.09 bits per heavy atom. The molecule has 22 heavy (non-hydrogen) atoms. The van der Waals surface area contributed by atoms with Crippen molar-refractivity contribution in [1.82, 2.24) is 5.32 Å². The summed E-state index contributed by atoms with van der Waals surface area (Å²) in [5, 5.41) is 2.90. The van der Waals surface area contributed by atoms with Gasteiger partial charge in [-0.1, -0.05) is 18.2 Å². The van der Waals surface area contributed by atoms with Gasteiger partial charge in [0, 0.05) is 12.1 Å². The van der Waals surface area contributed by atoms with Crippen LogP contribution in [0.2, 0.25) is 0 Å². The predicted octanol–water partition coefficient (Wildman–Crippen LogP) is 3.72. The second-order valence-corrected chi connectivity index (χ2v) is 5.08. The van der Waals surface area contributed by atoms with Gasteiger partial charge in [-0.25, -0.2) is 4.39 Å². The first-order chi connectivity index (χ1) is 10.7. The van der Waals surface area contributed by atoms with Crippen molar-refractivity contribution in [3.05, 3.63) is 65.5 Å². The lowest BCUT2D eigenvalue weighted by atomic mass is 10.1. The average molecular weight is 301 g/mol. The molecule has 0 aromatic heterocycles. The summed E-state index contributed by atoms with van der Waals surface area (Å²) in [4.78, 5) is 12.0. The fourth-order valence-electron chi connectivity index (χ4n) is 2.07. The molecule has 1 N–H and O–H groups in total. The first kappa shape index (κ1) is 16.0. The topological polar surface area (TPSA) is 38.3 Å². The van der Waals surface area contributed by atoms with Gasteiger partial charge in [-0.15, -0.1) is 0 Å². The lowest BCUT2D eigenvalue weighted by molar-refractivity contribution is 0.0951. The van der Waals surface area contributed by atoms with Crippen LogP contribution in [0.3, 0.4) is 0 Å². The molecule has 0 aliphatic rings. The molecular formula is C18H20FNO2. The molecule has 2 aromatic carbocycles. The van der Waals surface area contributed by atoms with E-state index in [0.29, 0.717) is 24.5 Å². The van der Waals surface area contributed by atoms with Crippen molar-refractivity contribution in [3.63, 3.8) is 0 Å². The number of carbonyl (C=O) groups is 1. The van der Waals surface area contributed by atoms with E-state index in [9.17, 15) is 9.18 Å². The van der Waals surface area contributed by atoms with E-state index >= 15 is 0 Å². The summed E-state index contributed by atoms with van der Waals surface area (Å²) in [6.07, 6.45) is 1.66. The maximum absolute atomic E-state index is 12.7. The molecule has 0 aliphatic carbocycles. The second-order valence-electron chi connectivity index (χ2n) is 5.08. The van der Waals surface area contributed by atoms with Gasteiger partial charge in [0.1, 0.15) is 11.6 Å². The maximum Gasteiger partial charge on any atom is 0.251 e. The number of ether oxygens (including phenoxy) is 1. The Hall–Kier alpha value is -2.36. The molecule has 2 rings (SSSR count). The molecule has 0 radical (unpaired) electrons.